The number of rotatable bonds is 5. The van der Waals surface area contributed by atoms with Crippen LogP contribution in [0.4, 0.5) is 0 Å². The molecule has 7 nitrogen and oxygen atoms in total. The van der Waals surface area contributed by atoms with E-state index in [4.69, 9.17) is 9.47 Å². The Kier molecular flexibility index (Phi) is 6.37. The zero-order chi connectivity index (χ0) is 23.5. The molecule has 1 atom stereocenters. The number of thiazole rings is 1. The molecule has 168 valence electrons. The highest BCUT2D eigenvalue weighted by Crippen LogP contribution is 2.31. The van der Waals surface area contributed by atoms with Gasteiger partial charge in [0.2, 0.25) is 0 Å². The Morgan fingerprint density at radius 1 is 1.15 bits per heavy atom. The van der Waals surface area contributed by atoms with Crippen molar-refractivity contribution in [1.82, 2.24) is 4.57 Å². The second-order valence-corrected chi connectivity index (χ2v) is 8.37. The Bertz CT molecular complexity index is 1430. The average molecular weight is 463 g/mol. The van der Waals surface area contributed by atoms with Gasteiger partial charge in [0, 0.05) is 6.92 Å². The van der Waals surface area contributed by atoms with Crippen LogP contribution in [0.5, 0.6) is 5.75 Å². The summed E-state index contributed by atoms with van der Waals surface area (Å²) < 4.78 is 12.2. The maximum atomic E-state index is 13.5. The molecule has 3 aromatic rings. The number of allylic oxidation sites excluding steroid dienone is 1. The second-order valence-electron chi connectivity index (χ2n) is 7.37. The fourth-order valence-electron chi connectivity index (χ4n) is 3.80. The van der Waals surface area contributed by atoms with Crippen molar-refractivity contribution in [2.75, 3.05) is 7.11 Å². The van der Waals surface area contributed by atoms with Crippen molar-refractivity contribution in [3.8, 4) is 5.75 Å². The van der Waals surface area contributed by atoms with Gasteiger partial charge in [-0.2, -0.15) is 0 Å². The summed E-state index contributed by atoms with van der Waals surface area (Å²) in [6, 6.07) is 15.7. The topological polar surface area (TPSA) is 87.0 Å². The lowest BCUT2D eigenvalue weighted by Gasteiger charge is -2.25. The number of benzene rings is 2. The standard InChI is InChI=1S/C25H22N2O5S/c1-4-19-21(24(30)31-3)22(17-10-6-5-7-11-17)27-23(29)20(33-25(27)26-19)14-16-9-8-12-18(13-16)32-15(2)28/h5-14,22H,4H2,1-3H3/b20-14+/t22-/m1/s1. The number of nitrogens with zero attached hydrogens (tertiary/aromatic N) is 2. The van der Waals surface area contributed by atoms with Crippen LogP contribution in [-0.4, -0.2) is 23.6 Å². The van der Waals surface area contributed by atoms with E-state index in [0.29, 0.717) is 38.3 Å². The lowest BCUT2D eigenvalue weighted by atomic mass is 9.95. The van der Waals surface area contributed by atoms with Gasteiger partial charge in [0.25, 0.3) is 5.56 Å². The van der Waals surface area contributed by atoms with Crippen LogP contribution < -0.4 is 19.6 Å². The highest BCUT2D eigenvalue weighted by Gasteiger charge is 2.33. The van der Waals surface area contributed by atoms with E-state index in [0.717, 1.165) is 5.56 Å². The van der Waals surface area contributed by atoms with Crippen molar-refractivity contribution in [2.24, 2.45) is 4.99 Å². The molecule has 0 saturated heterocycles. The Morgan fingerprint density at radius 2 is 1.91 bits per heavy atom. The largest absolute Gasteiger partial charge is 0.466 e. The molecule has 0 spiro atoms. The second kappa shape index (κ2) is 9.38. The molecular weight excluding hydrogens is 440 g/mol. The minimum absolute atomic E-state index is 0.262. The Morgan fingerprint density at radius 3 is 2.58 bits per heavy atom. The quantitative estimate of drug-likeness (QED) is 0.430. The number of esters is 2. The van der Waals surface area contributed by atoms with Gasteiger partial charge in [-0.05, 0) is 35.8 Å². The highest BCUT2D eigenvalue weighted by atomic mass is 32.1. The number of carbonyl (C=O) groups is 2. The molecule has 4 rings (SSSR count). The van der Waals surface area contributed by atoms with Gasteiger partial charge in [0.15, 0.2) is 4.80 Å². The number of hydrogen-bond acceptors (Lipinski definition) is 7. The van der Waals surface area contributed by atoms with E-state index in [-0.39, 0.29) is 5.56 Å². The van der Waals surface area contributed by atoms with E-state index < -0.39 is 18.0 Å². The van der Waals surface area contributed by atoms with Crippen LogP contribution in [0.15, 0.2) is 75.7 Å². The molecule has 0 amide bonds. The molecule has 0 aliphatic carbocycles. The van der Waals surface area contributed by atoms with Crippen LogP contribution in [0, 0.1) is 0 Å². The average Bonchev–Trinajstić information content (AvgIpc) is 3.12. The lowest BCUT2D eigenvalue weighted by Crippen LogP contribution is -2.40. The van der Waals surface area contributed by atoms with E-state index in [2.05, 4.69) is 4.99 Å². The highest BCUT2D eigenvalue weighted by molar-refractivity contribution is 7.07. The summed E-state index contributed by atoms with van der Waals surface area (Å²) in [5.74, 6) is -0.530. The van der Waals surface area contributed by atoms with Crippen molar-refractivity contribution >= 4 is 29.4 Å². The van der Waals surface area contributed by atoms with Crippen molar-refractivity contribution in [3.63, 3.8) is 0 Å². The minimum atomic E-state index is -0.639. The number of methoxy groups -OCH3 is 1. The Balaban J connectivity index is 1.93. The maximum absolute atomic E-state index is 13.5. The predicted octanol–water partition coefficient (Wildman–Crippen LogP) is 2.72. The van der Waals surface area contributed by atoms with E-state index in [9.17, 15) is 14.4 Å². The van der Waals surface area contributed by atoms with E-state index in [1.165, 1.54) is 25.4 Å². The normalized spacial score (nSPS) is 15.6. The maximum Gasteiger partial charge on any atom is 0.338 e. The number of aromatic nitrogens is 1. The van der Waals surface area contributed by atoms with Crippen molar-refractivity contribution in [3.05, 3.63) is 96.7 Å². The fraction of sp³-hybridized carbons (Fsp3) is 0.200. The summed E-state index contributed by atoms with van der Waals surface area (Å²) in [4.78, 5) is 42.7. The fourth-order valence-corrected chi connectivity index (χ4v) is 4.82. The summed E-state index contributed by atoms with van der Waals surface area (Å²) in [7, 11) is 1.33. The number of hydrogen-bond donors (Lipinski definition) is 0. The van der Waals surface area contributed by atoms with Gasteiger partial charge in [0.1, 0.15) is 5.75 Å². The molecule has 8 heteroatoms. The van der Waals surface area contributed by atoms with Crippen LogP contribution in [0.25, 0.3) is 6.08 Å². The lowest BCUT2D eigenvalue weighted by molar-refractivity contribution is -0.136. The monoisotopic (exact) mass is 462 g/mol. The summed E-state index contributed by atoms with van der Waals surface area (Å²) in [6.07, 6.45) is 2.25. The predicted molar refractivity (Wildman–Crippen MR) is 125 cm³/mol. The number of fused-ring (bicyclic) bond motifs is 1. The van der Waals surface area contributed by atoms with Crippen molar-refractivity contribution < 1.29 is 19.1 Å². The molecule has 1 aromatic heterocycles. The zero-order valence-corrected chi connectivity index (χ0v) is 19.2. The summed E-state index contributed by atoms with van der Waals surface area (Å²) in [6.45, 7) is 3.25. The molecule has 1 aliphatic rings. The minimum Gasteiger partial charge on any atom is -0.466 e. The third-order valence-electron chi connectivity index (χ3n) is 5.18. The van der Waals surface area contributed by atoms with Gasteiger partial charge in [-0.3, -0.25) is 14.2 Å². The van der Waals surface area contributed by atoms with E-state index in [1.54, 1.807) is 28.8 Å². The van der Waals surface area contributed by atoms with Crippen molar-refractivity contribution in [2.45, 2.75) is 26.3 Å². The molecular formula is C25H22N2O5S. The number of ether oxygens (including phenoxy) is 2. The first-order valence-corrected chi connectivity index (χ1v) is 11.2. The zero-order valence-electron chi connectivity index (χ0n) is 18.4. The van der Waals surface area contributed by atoms with Crippen LogP contribution in [0.3, 0.4) is 0 Å². The molecule has 0 bridgehead atoms. The van der Waals surface area contributed by atoms with Gasteiger partial charge >= 0.3 is 11.9 Å². The first-order chi connectivity index (χ1) is 15.9. The Hall–Kier alpha value is -3.78. The molecule has 0 unspecified atom stereocenters. The molecule has 0 radical (unpaired) electrons. The van der Waals surface area contributed by atoms with E-state index >= 15 is 0 Å². The smallest absolute Gasteiger partial charge is 0.338 e. The van der Waals surface area contributed by atoms with Gasteiger partial charge in [0.05, 0.1) is 29.0 Å². The molecule has 1 aliphatic heterocycles. The van der Waals surface area contributed by atoms with Gasteiger partial charge in [-0.25, -0.2) is 9.79 Å². The first kappa shape index (κ1) is 22.4. The molecule has 33 heavy (non-hydrogen) atoms. The molecule has 2 heterocycles. The third-order valence-corrected chi connectivity index (χ3v) is 6.17. The number of carbonyl (C=O) groups excluding carboxylic acids is 2. The van der Waals surface area contributed by atoms with Crippen LogP contribution in [0.1, 0.15) is 37.4 Å². The van der Waals surface area contributed by atoms with Gasteiger partial charge < -0.3 is 9.47 Å². The van der Waals surface area contributed by atoms with Crippen LogP contribution in [-0.2, 0) is 14.3 Å². The van der Waals surface area contributed by atoms with Gasteiger partial charge in [-0.15, -0.1) is 0 Å². The first-order valence-electron chi connectivity index (χ1n) is 10.4. The van der Waals surface area contributed by atoms with Crippen LogP contribution in [0.2, 0.25) is 0 Å². The third kappa shape index (κ3) is 4.42. The van der Waals surface area contributed by atoms with Crippen LogP contribution >= 0.6 is 11.3 Å². The molecule has 0 N–H and O–H groups in total. The molecule has 0 saturated carbocycles. The summed E-state index contributed by atoms with van der Waals surface area (Å²) in [5, 5.41) is 0. The summed E-state index contributed by atoms with van der Waals surface area (Å²) in [5.41, 5.74) is 2.20. The Labute approximate surface area is 193 Å². The van der Waals surface area contributed by atoms with Gasteiger partial charge in [-0.1, -0.05) is 60.7 Å². The molecule has 2 aromatic carbocycles. The van der Waals surface area contributed by atoms with E-state index in [1.807, 2.05) is 43.3 Å². The van der Waals surface area contributed by atoms with Crippen molar-refractivity contribution in [1.29, 1.82) is 0 Å². The molecule has 0 fully saturated rings. The summed E-state index contributed by atoms with van der Waals surface area (Å²) >= 11 is 1.25. The SMILES string of the molecule is CCC1=C(C(=O)OC)[C@@H](c2ccccc2)n2c(s/c(=C/c3cccc(OC(C)=O)c3)c2=O)=N1.